The van der Waals surface area contributed by atoms with Gasteiger partial charge in [-0.25, -0.2) is 13.8 Å². The first kappa shape index (κ1) is 16.6. The predicted octanol–water partition coefficient (Wildman–Crippen LogP) is 2.14. The van der Waals surface area contributed by atoms with Gasteiger partial charge in [-0.2, -0.15) is 4.98 Å². The van der Waals surface area contributed by atoms with E-state index in [4.69, 9.17) is 0 Å². The minimum absolute atomic E-state index is 0.483. The van der Waals surface area contributed by atoms with Crippen LogP contribution in [0.25, 0.3) is 0 Å². The smallest absolute Gasteiger partial charge is 0.226 e. The van der Waals surface area contributed by atoms with E-state index >= 15 is 0 Å². The van der Waals surface area contributed by atoms with Crippen LogP contribution in [0.5, 0.6) is 0 Å². The van der Waals surface area contributed by atoms with Crippen molar-refractivity contribution >= 4 is 11.8 Å². The molecule has 1 aliphatic heterocycles. The maximum Gasteiger partial charge on any atom is 0.226 e. The molecule has 1 saturated heterocycles. The van der Waals surface area contributed by atoms with Gasteiger partial charge in [0.25, 0.3) is 0 Å². The number of aromatic nitrogens is 2. The summed E-state index contributed by atoms with van der Waals surface area (Å²) in [5, 5.41) is 0. The molecule has 128 valence electrons. The van der Waals surface area contributed by atoms with Crippen LogP contribution in [-0.2, 0) is 6.54 Å². The van der Waals surface area contributed by atoms with Gasteiger partial charge >= 0.3 is 0 Å². The molecule has 0 bridgehead atoms. The van der Waals surface area contributed by atoms with Crippen LogP contribution >= 0.6 is 0 Å². The third kappa shape index (κ3) is 3.79. The highest BCUT2D eigenvalue weighted by Gasteiger charge is 2.19. The Labute approximate surface area is 140 Å². The third-order valence-electron chi connectivity index (χ3n) is 4.13. The van der Waals surface area contributed by atoms with Crippen molar-refractivity contribution in [3.8, 4) is 0 Å². The molecule has 5 nitrogen and oxygen atoms in total. The number of halogens is 2. The van der Waals surface area contributed by atoms with Crippen molar-refractivity contribution in [2.45, 2.75) is 6.54 Å². The van der Waals surface area contributed by atoms with E-state index in [9.17, 15) is 8.78 Å². The SMILES string of the molecule is CN(C)c1nccc(N2CCN(Cc3ccc(F)cc3F)CC2)n1. The molecular weight excluding hydrogens is 312 g/mol. The zero-order valence-corrected chi connectivity index (χ0v) is 13.9. The van der Waals surface area contributed by atoms with Crippen LogP contribution in [0.1, 0.15) is 5.56 Å². The Bertz CT molecular complexity index is 699. The van der Waals surface area contributed by atoms with Crippen molar-refractivity contribution in [2.75, 3.05) is 50.1 Å². The lowest BCUT2D eigenvalue weighted by Gasteiger charge is -2.35. The predicted molar refractivity (Wildman–Crippen MR) is 90.2 cm³/mol. The zero-order valence-electron chi connectivity index (χ0n) is 13.9. The first-order valence-corrected chi connectivity index (χ1v) is 7.94. The minimum atomic E-state index is -0.540. The second kappa shape index (κ2) is 7.09. The minimum Gasteiger partial charge on any atom is -0.354 e. The van der Waals surface area contributed by atoms with Crippen molar-refractivity contribution in [3.05, 3.63) is 47.7 Å². The highest BCUT2D eigenvalue weighted by molar-refractivity contribution is 5.43. The molecule has 1 fully saturated rings. The van der Waals surface area contributed by atoms with Crippen molar-refractivity contribution < 1.29 is 8.78 Å². The Morgan fingerprint density at radius 1 is 1.08 bits per heavy atom. The number of piperazine rings is 1. The summed E-state index contributed by atoms with van der Waals surface area (Å²) in [5.74, 6) is 0.565. The van der Waals surface area contributed by atoms with Crippen molar-refractivity contribution in [1.29, 1.82) is 0 Å². The number of benzene rings is 1. The van der Waals surface area contributed by atoms with Crippen molar-refractivity contribution in [3.63, 3.8) is 0 Å². The number of hydrogen-bond acceptors (Lipinski definition) is 5. The fourth-order valence-corrected chi connectivity index (χ4v) is 2.76. The Morgan fingerprint density at radius 2 is 1.83 bits per heavy atom. The van der Waals surface area contributed by atoms with Gasteiger partial charge in [-0.05, 0) is 12.1 Å². The normalized spacial score (nSPS) is 15.6. The van der Waals surface area contributed by atoms with E-state index in [2.05, 4.69) is 19.8 Å². The summed E-state index contributed by atoms with van der Waals surface area (Å²) >= 11 is 0. The highest BCUT2D eigenvalue weighted by atomic mass is 19.1. The van der Waals surface area contributed by atoms with Crippen LogP contribution in [0.3, 0.4) is 0 Å². The lowest BCUT2D eigenvalue weighted by molar-refractivity contribution is 0.246. The molecular formula is C17H21F2N5. The largest absolute Gasteiger partial charge is 0.354 e. The molecule has 0 N–H and O–H groups in total. The second-order valence-electron chi connectivity index (χ2n) is 6.11. The van der Waals surface area contributed by atoms with Gasteiger partial charge in [-0.3, -0.25) is 4.90 Å². The average Bonchev–Trinajstić information content (AvgIpc) is 2.58. The van der Waals surface area contributed by atoms with E-state index in [0.29, 0.717) is 18.1 Å². The highest BCUT2D eigenvalue weighted by Crippen LogP contribution is 2.18. The zero-order chi connectivity index (χ0) is 17.1. The molecule has 24 heavy (non-hydrogen) atoms. The van der Waals surface area contributed by atoms with Gasteiger partial charge in [-0.1, -0.05) is 6.07 Å². The molecule has 1 aromatic carbocycles. The number of hydrogen-bond donors (Lipinski definition) is 0. The maximum absolute atomic E-state index is 13.8. The molecule has 1 aliphatic rings. The fourth-order valence-electron chi connectivity index (χ4n) is 2.76. The number of nitrogens with zero attached hydrogens (tertiary/aromatic N) is 5. The number of anilines is 2. The standard InChI is InChI=1S/C17H21F2N5/c1-22(2)17-20-6-5-16(21-17)24-9-7-23(8-10-24)12-13-3-4-14(18)11-15(13)19/h3-6,11H,7-10,12H2,1-2H3. The molecule has 0 saturated carbocycles. The van der Waals surface area contributed by atoms with E-state index in [0.717, 1.165) is 38.1 Å². The van der Waals surface area contributed by atoms with Gasteiger partial charge in [0, 0.05) is 64.6 Å². The van der Waals surface area contributed by atoms with Crippen LogP contribution < -0.4 is 9.80 Å². The Hall–Kier alpha value is -2.28. The van der Waals surface area contributed by atoms with Gasteiger partial charge in [0.15, 0.2) is 0 Å². The van der Waals surface area contributed by atoms with E-state index in [1.165, 1.54) is 12.1 Å². The molecule has 3 rings (SSSR count). The molecule has 2 heterocycles. The van der Waals surface area contributed by atoms with Gasteiger partial charge in [0.2, 0.25) is 5.95 Å². The topological polar surface area (TPSA) is 35.5 Å². The monoisotopic (exact) mass is 333 g/mol. The first-order valence-electron chi connectivity index (χ1n) is 7.94. The molecule has 0 atom stereocenters. The van der Waals surface area contributed by atoms with Crippen LogP contribution in [0.2, 0.25) is 0 Å². The molecule has 0 unspecified atom stereocenters. The van der Waals surface area contributed by atoms with Gasteiger partial charge in [0.1, 0.15) is 17.5 Å². The molecule has 2 aromatic rings. The van der Waals surface area contributed by atoms with Crippen LogP contribution in [0.15, 0.2) is 30.5 Å². The summed E-state index contributed by atoms with van der Waals surface area (Å²) in [6.45, 7) is 3.72. The lowest BCUT2D eigenvalue weighted by Crippen LogP contribution is -2.46. The van der Waals surface area contributed by atoms with Gasteiger partial charge in [-0.15, -0.1) is 0 Å². The summed E-state index contributed by atoms with van der Waals surface area (Å²) in [7, 11) is 3.82. The third-order valence-corrected chi connectivity index (χ3v) is 4.13. The van der Waals surface area contributed by atoms with Gasteiger partial charge < -0.3 is 9.80 Å². The van der Waals surface area contributed by atoms with E-state index in [-0.39, 0.29) is 0 Å². The second-order valence-corrected chi connectivity index (χ2v) is 6.11. The van der Waals surface area contributed by atoms with Crippen molar-refractivity contribution in [1.82, 2.24) is 14.9 Å². The summed E-state index contributed by atoms with van der Waals surface area (Å²) in [4.78, 5) is 15.0. The maximum atomic E-state index is 13.8. The van der Waals surface area contributed by atoms with Crippen LogP contribution in [0.4, 0.5) is 20.5 Å². The Balaban J connectivity index is 1.60. The molecule has 0 radical (unpaired) electrons. The lowest BCUT2D eigenvalue weighted by atomic mass is 10.2. The molecule has 1 aromatic heterocycles. The summed E-state index contributed by atoms with van der Waals surface area (Å²) < 4.78 is 26.7. The number of rotatable bonds is 4. The van der Waals surface area contributed by atoms with E-state index in [1.54, 1.807) is 6.20 Å². The fraction of sp³-hybridized carbons (Fsp3) is 0.412. The van der Waals surface area contributed by atoms with Gasteiger partial charge in [0.05, 0.1) is 0 Å². The Morgan fingerprint density at radius 3 is 2.50 bits per heavy atom. The average molecular weight is 333 g/mol. The first-order chi connectivity index (χ1) is 11.5. The molecule has 0 aliphatic carbocycles. The molecule has 0 amide bonds. The summed E-state index contributed by atoms with van der Waals surface area (Å²) in [5.41, 5.74) is 0.529. The van der Waals surface area contributed by atoms with E-state index < -0.39 is 11.6 Å². The van der Waals surface area contributed by atoms with E-state index in [1.807, 2.05) is 25.1 Å². The summed E-state index contributed by atoms with van der Waals surface area (Å²) in [6.07, 6.45) is 1.76. The quantitative estimate of drug-likeness (QED) is 0.857. The van der Waals surface area contributed by atoms with Crippen molar-refractivity contribution in [2.24, 2.45) is 0 Å². The Kier molecular flexibility index (Phi) is 4.89. The molecule has 0 spiro atoms. The molecule has 7 heteroatoms. The van der Waals surface area contributed by atoms with Crippen LogP contribution in [-0.4, -0.2) is 55.1 Å². The van der Waals surface area contributed by atoms with Crippen LogP contribution in [0, 0.1) is 11.6 Å². The summed E-state index contributed by atoms with van der Waals surface area (Å²) in [6, 6.07) is 5.67.